The molecular weight excluding hydrogens is 518 g/mol. The number of thiophene rings is 1. The van der Waals surface area contributed by atoms with Gasteiger partial charge in [0.05, 0.1) is 21.6 Å². The van der Waals surface area contributed by atoms with Crippen LogP contribution in [0.15, 0.2) is 140 Å². The van der Waals surface area contributed by atoms with E-state index in [0.29, 0.717) is 5.82 Å². The number of pyridine rings is 1. The van der Waals surface area contributed by atoms with Gasteiger partial charge in [-0.3, -0.25) is 4.98 Å². The Labute approximate surface area is 241 Å². The molecule has 0 unspecified atom stereocenters. The van der Waals surface area contributed by atoms with Gasteiger partial charge in [-0.1, -0.05) is 115 Å². The van der Waals surface area contributed by atoms with E-state index in [-0.39, 0.29) is 0 Å². The van der Waals surface area contributed by atoms with Crippen LogP contribution in [0.3, 0.4) is 0 Å². The predicted octanol–water partition coefficient (Wildman–Crippen LogP) is 10.1. The Kier molecular flexibility index (Phi) is 5.64. The van der Waals surface area contributed by atoms with Crippen molar-refractivity contribution >= 4 is 42.4 Å². The van der Waals surface area contributed by atoms with Gasteiger partial charge in [-0.25, -0.2) is 9.97 Å². The normalized spacial score (nSPS) is 11.4. The van der Waals surface area contributed by atoms with E-state index in [1.54, 1.807) is 11.3 Å². The Hall–Kier alpha value is -5.19. The number of benzene rings is 5. The highest BCUT2D eigenvalue weighted by Crippen LogP contribution is 2.38. The molecular formula is C37H23N3S. The fourth-order valence-electron chi connectivity index (χ4n) is 5.49. The van der Waals surface area contributed by atoms with Gasteiger partial charge in [0, 0.05) is 43.7 Å². The number of nitrogens with zero attached hydrogens (tertiary/aromatic N) is 3. The molecule has 4 heteroatoms. The predicted molar refractivity (Wildman–Crippen MR) is 172 cm³/mol. The van der Waals surface area contributed by atoms with Gasteiger partial charge in [0.2, 0.25) is 0 Å². The van der Waals surface area contributed by atoms with Crippen LogP contribution in [0, 0.1) is 0 Å². The van der Waals surface area contributed by atoms with E-state index >= 15 is 0 Å². The van der Waals surface area contributed by atoms with Crippen molar-refractivity contribution in [2.75, 3.05) is 0 Å². The molecule has 0 amide bonds. The third-order valence-corrected chi connectivity index (χ3v) is 8.66. The summed E-state index contributed by atoms with van der Waals surface area (Å²) in [6, 6.07) is 46.4. The first-order chi connectivity index (χ1) is 20.3. The minimum Gasteiger partial charge on any atom is -0.255 e. The maximum Gasteiger partial charge on any atom is 0.160 e. The lowest BCUT2D eigenvalue weighted by atomic mass is 10.00. The van der Waals surface area contributed by atoms with Crippen LogP contribution in [-0.4, -0.2) is 15.0 Å². The standard InChI is InChI=1S/C37H23N3S/c1-3-9-25(10-4-1)31-22-32(26-11-5-2-6-12-26)40-37(39-31)27-17-15-24(16-18-27)28-19-20-29-33(21-28)38-23-35-36(29)30-13-7-8-14-34(30)41-35/h1-23H. The average molecular weight is 542 g/mol. The first-order valence-corrected chi connectivity index (χ1v) is 14.4. The summed E-state index contributed by atoms with van der Waals surface area (Å²) in [6.07, 6.45) is 2.01. The minimum absolute atomic E-state index is 0.712. The zero-order valence-corrected chi connectivity index (χ0v) is 22.8. The van der Waals surface area contributed by atoms with E-state index in [1.807, 2.05) is 42.6 Å². The molecule has 3 heterocycles. The molecule has 0 saturated heterocycles. The molecule has 0 spiro atoms. The summed E-state index contributed by atoms with van der Waals surface area (Å²) < 4.78 is 2.52. The maximum atomic E-state index is 4.97. The van der Waals surface area contributed by atoms with Gasteiger partial charge in [-0.05, 0) is 29.3 Å². The molecule has 0 bridgehead atoms. The molecule has 0 aliphatic carbocycles. The van der Waals surface area contributed by atoms with Gasteiger partial charge in [-0.2, -0.15) is 0 Å². The second-order valence-electron chi connectivity index (χ2n) is 10.1. The Balaban J connectivity index is 1.19. The first-order valence-electron chi connectivity index (χ1n) is 13.6. The van der Waals surface area contributed by atoms with Gasteiger partial charge >= 0.3 is 0 Å². The fourth-order valence-corrected chi connectivity index (χ4v) is 6.58. The lowest BCUT2D eigenvalue weighted by molar-refractivity contribution is 1.18. The lowest BCUT2D eigenvalue weighted by Crippen LogP contribution is -1.95. The van der Waals surface area contributed by atoms with Gasteiger partial charge in [0.1, 0.15) is 0 Å². The Morgan fingerprint density at radius 1 is 0.439 bits per heavy atom. The van der Waals surface area contributed by atoms with Crippen molar-refractivity contribution in [3.8, 4) is 45.0 Å². The van der Waals surface area contributed by atoms with E-state index in [4.69, 9.17) is 15.0 Å². The second-order valence-corrected chi connectivity index (χ2v) is 11.2. The summed E-state index contributed by atoms with van der Waals surface area (Å²) in [5.41, 5.74) is 8.22. The van der Waals surface area contributed by atoms with Crippen LogP contribution in [0.1, 0.15) is 0 Å². The zero-order chi connectivity index (χ0) is 27.2. The van der Waals surface area contributed by atoms with Crippen LogP contribution in [0.25, 0.3) is 76.1 Å². The molecule has 8 rings (SSSR count). The van der Waals surface area contributed by atoms with Gasteiger partial charge in [0.25, 0.3) is 0 Å². The molecule has 8 aromatic rings. The van der Waals surface area contributed by atoms with Crippen LogP contribution in [0.4, 0.5) is 0 Å². The van der Waals surface area contributed by atoms with Gasteiger partial charge in [0.15, 0.2) is 5.82 Å². The first kappa shape index (κ1) is 23.7. The molecule has 0 atom stereocenters. The van der Waals surface area contributed by atoms with Crippen molar-refractivity contribution in [2.45, 2.75) is 0 Å². The van der Waals surface area contributed by atoms with E-state index < -0.39 is 0 Å². The molecule has 41 heavy (non-hydrogen) atoms. The summed E-state index contributed by atoms with van der Waals surface area (Å²) in [7, 11) is 0. The molecule has 3 nitrogen and oxygen atoms in total. The summed E-state index contributed by atoms with van der Waals surface area (Å²) in [5.74, 6) is 0.712. The lowest BCUT2D eigenvalue weighted by Gasteiger charge is -2.10. The SMILES string of the molecule is c1ccc(-c2cc(-c3ccccc3)nc(-c3ccc(-c4ccc5c(c4)ncc4sc6ccccc6c45)cc3)n2)cc1. The second kappa shape index (κ2) is 9.77. The van der Waals surface area contributed by atoms with Crippen LogP contribution >= 0.6 is 11.3 Å². The monoisotopic (exact) mass is 541 g/mol. The molecule has 0 N–H and O–H groups in total. The summed E-state index contributed by atoms with van der Waals surface area (Å²) >= 11 is 1.80. The highest BCUT2D eigenvalue weighted by molar-refractivity contribution is 7.26. The average Bonchev–Trinajstić information content (AvgIpc) is 3.44. The van der Waals surface area contributed by atoms with Crippen molar-refractivity contribution in [3.63, 3.8) is 0 Å². The maximum absolute atomic E-state index is 4.97. The molecule has 3 aromatic heterocycles. The van der Waals surface area contributed by atoms with E-state index in [9.17, 15) is 0 Å². The van der Waals surface area contributed by atoms with Gasteiger partial charge in [-0.15, -0.1) is 11.3 Å². The van der Waals surface area contributed by atoms with Crippen molar-refractivity contribution in [3.05, 3.63) is 140 Å². The van der Waals surface area contributed by atoms with Crippen molar-refractivity contribution in [1.29, 1.82) is 0 Å². The van der Waals surface area contributed by atoms with Crippen LogP contribution in [0.2, 0.25) is 0 Å². The number of rotatable bonds is 4. The third kappa shape index (κ3) is 4.26. The van der Waals surface area contributed by atoms with Gasteiger partial charge < -0.3 is 0 Å². The molecule has 0 radical (unpaired) electrons. The number of fused-ring (bicyclic) bond motifs is 5. The molecule has 0 aliphatic heterocycles. The Bertz CT molecular complexity index is 2130. The molecule has 0 aliphatic rings. The van der Waals surface area contributed by atoms with Crippen molar-refractivity contribution < 1.29 is 0 Å². The number of aromatic nitrogens is 3. The third-order valence-electron chi connectivity index (χ3n) is 7.55. The summed E-state index contributed by atoms with van der Waals surface area (Å²) in [4.78, 5) is 14.8. The Morgan fingerprint density at radius 3 is 1.76 bits per heavy atom. The molecule has 5 aromatic carbocycles. The molecule has 192 valence electrons. The van der Waals surface area contributed by atoms with Crippen LogP contribution < -0.4 is 0 Å². The fraction of sp³-hybridized carbons (Fsp3) is 0. The van der Waals surface area contributed by atoms with E-state index in [0.717, 1.165) is 44.7 Å². The smallest absolute Gasteiger partial charge is 0.160 e. The largest absolute Gasteiger partial charge is 0.255 e. The number of hydrogen-bond donors (Lipinski definition) is 0. The van der Waals surface area contributed by atoms with Crippen LogP contribution in [0.5, 0.6) is 0 Å². The highest BCUT2D eigenvalue weighted by Gasteiger charge is 2.13. The number of hydrogen-bond acceptors (Lipinski definition) is 4. The quantitative estimate of drug-likeness (QED) is 0.222. The molecule has 0 fully saturated rings. The van der Waals surface area contributed by atoms with E-state index in [1.165, 1.54) is 25.6 Å². The molecule has 0 saturated carbocycles. The zero-order valence-electron chi connectivity index (χ0n) is 22.0. The summed E-state index contributed by atoms with van der Waals surface area (Å²) in [6.45, 7) is 0. The van der Waals surface area contributed by atoms with Crippen molar-refractivity contribution in [1.82, 2.24) is 15.0 Å². The highest BCUT2D eigenvalue weighted by atomic mass is 32.1. The van der Waals surface area contributed by atoms with E-state index in [2.05, 4.69) is 97.1 Å². The Morgan fingerprint density at radius 2 is 1.05 bits per heavy atom. The minimum atomic E-state index is 0.712. The van der Waals surface area contributed by atoms with Crippen LogP contribution in [-0.2, 0) is 0 Å². The summed E-state index contributed by atoms with van der Waals surface area (Å²) in [5, 5.41) is 3.78. The topological polar surface area (TPSA) is 38.7 Å². The van der Waals surface area contributed by atoms with Crippen molar-refractivity contribution in [2.24, 2.45) is 0 Å².